The molecule has 0 spiro atoms. The molecule has 1 atom stereocenters. The first-order valence-electron chi connectivity index (χ1n) is 5.79. The largest absolute Gasteiger partial charge is 0.377 e. The molecule has 0 saturated heterocycles. The molecular weight excluding hydrogens is 268 g/mol. The average Bonchev–Trinajstić information content (AvgIpc) is 2.41. The summed E-state index contributed by atoms with van der Waals surface area (Å²) < 4.78 is 26.0. The van der Waals surface area contributed by atoms with Gasteiger partial charge in [0.2, 0.25) is 5.82 Å². The van der Waals surface area contributed by atoms with Crippen LogP contribution in [0.4, 0.5) is 20.2 Å². The summed E-state index contributed by atoms with van der Waals surface area (Å²) in [5, 5.41) is 13.6. The number of halogens is 2. The fraction of sp³-hybridized carbons (Fsp3) is 0.154. The van der Waals surface area contributed by atoms with Crippen molar-refractivity contribution in [1.29, 1.82) is 0 Å². The maximum absolute atomic E-state index is 13.2. The average molecular weight is 279 g/mol. The summed E-state index contributed by atoms with van der Waals surface area (Å²) >= 11 is 0. The fourth-order valence-electron chi connectivity index (χ4n) is 1.71. The molecule has 2 rings (SSSR count). The van der Waals surface area contributed by atoms with Crippen molar-refractivity contribution in [2.24, 2.45) is 0 Å². The Bertz CT molecular complexity index is 632. The van der Waals surface area contributed by atoms with Crippen LogP contribution in [0.25, 0.3) is 0 Å². The van der Waals surface area contributed by atoms with Gasteiger partial charge in [-0.1, -0.05) is 0 Å². The van der Waals surface area contributed by atoms with Crippen LogP contribution in [0.5, 0.6) is 0 Å². The summed E-state index contributed by atoms with van der Waals surface area (Å²) in [4.78, 5) is 13.8. The van der Waals surface area contributed by atoms with E-state index in [0.717, 1.165) is 18.3 Å². The highest BCUT2D eigenvalue weighted by molar-refractivity contribution is 5.52. The highest BCUT2D eigenvalue weighted by Gasteiger charge is 2.15. The van der Waals surface area contributed by atoms with Gasteiger partial charge in [-0.25, -0.2) is 4.39 Å². The number of anilines is 1. The van der Waals surface area contributed by atoms with Gasteiger partial charge in [0.25, 0.3) is 0 Å². The Morgan fingerprint density at radius 3 is 2.65 bits per heavy atom. The Kier molecular flexibility index (Phi) is 3.88. The molecule has 1 aromatic carbocycles. The van der Waals surface area contributed by atoms with Crippen LogP contribution in [0.3, 0.4) is 0 Å². The summed E-state index contributed by atoms with van der Waals surface area (Å²) in [6, 6.07) is 5.99. The molecule has 0 saturated carbocycles. The first-order chi connectivity index (χ1) is 9.47. The van der Waals surface area contributed by atoms with E-state index in [1.54, 1.807) is 6.92 Å². The van der Waals surface area contributed by atoms with Crippen LogP contribution in [-0.4, -0.2) is 9.91 Å². The van der Waals surface area contributed by atoms with Gasteiger partial charge < -0.3 is 5.32 Å². The van der Waals surface area contributed by atoms with Crippen molar-refractivity contribution in [1.82, 2.24) is 4.98 Å². The van der Waals surface area contributed by atoms with Crippen LogP contribution in [0.2, 0.25) is 0 Å². The van der Waals surface area contributed by atoms with Crippen molar-refractivity contribution < 1.29 is 13.7 Å². The summed E-state index contributed by atoms with van der Waals surface area (Å²) in [6.45, 7) is 1.76. The lowest BCUT2D eigenvalue weighted by molar-refractivity contribution is -0.387. The monoisotopic (exact) mass is 279 g/mol. The zero-order valence-electron chi connectivity index (χ0n) is 10.5. The third-order valence-corrected chi connectivity index (χ3v) is 2.72. The van der Waals surface area contributed by atoms with Gasteiger partial charge in [0.15, 0.2) is 0 Å². The van der Waals surface area contributed by atoms with E-state index >= 15 is 0 Å². The van der Waals surface area contributed by atoms with Gasteiger partial charge in [-0.15, -0.1) is 0 Å². The number of benzene rings is 1. The number of pyridine rings is 1. The second kappa shape index (κ2) is 5.60. The van der Waals surface area contributed by atoms with E-state index < -0.39 is 22.2 Å². The third-order valence-electron chi connectivity index (χ3n) is 2.72. The van der Waals surface area contributed by atoms with Crippen LogP contribution < -0.4 is 5.32 Å². The van der Waals surface area contributed by atoms with Crippen LogP contribution in [0.15, 0.2) is 36.5 Å². The molecule has 5 nitrogen and oxygen atoms in total. The van der Waals surface area contributed by atoms with Gasteiger partial charge in [0.1, 0.15) is 5.82 Å². The van der Waals surface area contributed by atoms with E-state index in [9.17, 15) is 18.9 Å². The van der Waals surface area contributed by atoms with E-state index in [0.29, 0.717) is 11.4 Å². The standard InChI is InChI=1S/C13H11F2N3O2/c1-8(12-5-2-9(14)7-16-12)17-10-3-4-11(15)13(6-10)18(19)20/h2-8,17H,1H3. The summed E-state index contributed by atoms with van der Waals surface area (Å²) in [7, 11) is 0. The van der Waals surface area contributed by atoms with E-state index in [2.05, 4.69) is 10.3 Å². The minimum Gasteiger partial charge on any atom is -0.377 e. The van der Waals surface area contributed by atoms with E-state index in [1.807, 2.05) is 0 Å². The second-order valence-electron chi connectivity index (χ2n) is 4.19. The maximum Gasteiger partial charge on any atom is 0.306 e. The smallest absolute Gasteiger partial charge is 0.306 e. The second-order valence-corrected chi connectivity index (χ2v) is 4.19. The van der Waals surface area contributed by atoms with Crippen molar-refractivity contribution in [2.45, 2.75) is 13.0 Å². The molecule has 7 heteroatoms. The zero-order valence-corrected chi connectivity index (χ0v) is 10.5. The van der Waals surface area contributed by atoms with E-state index in [4.69, 9.17) is 0 Å². The maximum atomic E-state index is 13.2. The fourth-order valence-corrected chi connectivity index (χ4v) is 1.71. The molecule has 0 fully saturated rings. The molecule has 20 heavy (non-hydrogen) atoms. The van der Waals surface area contributed by atoms with Gasteiger partial charge in [-0.05, 0) is 31.2 Å². The quantitative estimate of drug-likeness (QED) is 0.687. The molecule has 0 radical (unpaired) electrons. The van der Waals surface area contributed by atoms with Gasteiger partial charge in [-0.2, -0.15) is 4.39 Å². The zero-order chi connectivity index (χ0) is 14.7. The molecule has 1 unspecified atom stereocenters. The Labute approximate surface area is 113 Å². The first kappa shape index (κ1) is 13.9. The highest BCUT2D eigenvalue weighted by Crippen LogP contribution is 2.24. The van der Waals surface area contributed by atoms with E-state index in [-0.39, 0.29) is 6.04 Å². The SMILES string of the molecule is CC(Nc1ccc(F)c([N+](=O)[O-])c1)c1ccc(F)cn1. The van der Waals surface area contributed by atoms with E-state index in [1.165, 1.54) is 18.2 Å². The number of hydrogen-bond donors (Lipinski definition) is 1. The number of nitrogens with zero attached hydrogens (tertiary/aromatic N) is 2. The van der Waals surface area contributed by atoms with Crippen LogP contribution in [0.1, 0.15) is 18.7 Å². The molecule has 2 aromatic rings. The van der Waals surface area contributed by atoms with Crippen molar-refractivity contribution in [3.63, 3.8) is 0 Å². The summed E-state index contributed by atoms with van der Waals surface area (Å²) in [5.74, 6) is -1.34. The molecule has 0 amide bonds. The van der Waals surface area contributed by atoms with Crippen LogP contribution >= 0.6 is 0 Å². The van der Waals surface area contributed by atoms with Crippen molar-refractivity contribution in [3.8, 4) is 0 Å². The van der Waals surface area contributed by atoms with Crippen LogP contribution in [0, 0.1) is 21.7 Å². The Balaban J connectivity index is 2.19. The van der Waals surface area contributed by atoms with Crippen molar-refractivity contribution >= 4 is 11.4 Å². The van der Waals surface area contributed by atoms with Crippen LogP contribution in [-0.2, 0) is 0 Å². The van der Waals surface area contributed by atoms with Gasteiger partial charge in [-0.3, -0.25) is 15.1 Å². The lowest BCUT2D eigenvalue weighted by atomic mass is 10.2. The lowest BCUT2D eigenvalue weighted by Gasteiger charge is -2.14. The Hall–Kier alpha value is -2.57. The third kappa shape index (κ3) is 3.05. The predicted molar refractivity (Wildman–Crippen MR) is 69.3 cm³/mol. The Morgan fingerprint density at radius 1 is 1.30 bits per heavy atom. The molecule has 0 aliphatic carbocycles. The molecule has 0 bridgehead atoms. The van der Waals surface area contributed by atoms with Gasteiger partial charge >= 0.3 is 5.69 Å². The minimum atomic E-state index is -0.895. The number of rotatable bonds is 4. The molecule has 1 aromatic heterocycles. The van der Waals surface area contributed by atoms with Gasteiger partial charge in [0.05, 0.1) is 22.9 Å². The summed E-state index contributed by atoms with van der Waals surface area (Å²) in [6.07, 6.45) is 1.08. The lowest BCUT2D eigenvalue weighted by Crippen LogP contribution is -2.09. The number of nitro groups is 1. The number of nitro benzene ring substituents is 1. The number of hydrogen-bond acceptors (Lipinski definition) is 4. The number of aromatic nitrogens is 1. The topological polar surface area (TPSA) is 68.1 Å². The molecule has 1 N–H and O–H groups in total. The van der Waals surface area contributed by atoms with Crippen molar-refractivity contribution in [3.05, 3.63) is 64.0 Å². The molecule has 104 valence electrons. The molecular formula is C13H11F2N3O2. The Morgan fingerprint density at radius 2 is 2.05 bits per heavy atom. The minimum absolute atomic E-state index is 0.305. The van der Waals surface area contributed by atoms with Crippen molar-refractivity contribution in [2.75, 3.05) is 5.32 Å². The number of nitrogens with one attached hydrogen (secondary N) is 1. The highest BCUT2D eigenvalue weighted by atomic mass is 19.1. The molecule has 0 aliphatic heterocycles. The first-order valence-corrected chi connectivity index (χ1v) is 5.79. The van der Waals surface area contributed by atoms with Gasteiger partial charge in [0, 0.05) is 11.8 Å². The normalized spacial score (nSPS) is 11.9. The molecule has 0 aliphatic rings. The predicted octanol–water partition coefficient (Wildman–Crippen LogP) is 3.44. The molecule has 1 heterocycles. The summed E-state index contributed by atoms with van der Waals surface area (Å²) in [5.41, 5.74) is 0.351.